The second-order valence-corrected chi connectivity index (χ2v) is 4.70. The summed E-state index contributed by atoms with van der Waals surface area (Å²) in [6.07, 6.45) is 2.76. The number of aromatic nitrogens is 2. The highest BCUT2D eigenvalue weighted by Crippen LogP contribution is 2.22. The van der Waals surface area contributed by atoms with Crippen molar-refractivity contribution in [2.45, 2.75) is 53.0 Å². The summed E-state index contributed by atoms with van der Waals surface area (Å²) in [4.78, 5) is 0.567. The number of thiocarbonyl (C=S) groups is 1. The van der Waals surface area contributed by atoms with Gasteiger partial charge < -0.3 is 5.73 Å². The van der Waals surface area contributed by atoms with Gasteiger partial charge >= 0.3 is 0 Å². The molecule has 0 saturated carbocycles. The van der Waals surface area contributed by atoms with E-state index in [-0.39, 0.29) is 0 Å². The van der Waals surface area contributed by atoms with Crippen LogP contribution in [0.3, 0.4) is 0 Å². The van der Waals surface area contributed by atoms with Crippen molar-refractivity contribution in [1.82, 2.24) is 9.78 Å². The molecule has 0 aliphatic carbocycles. The van der Waals surface area contributed by atoms with E-state index in [4.69, 9.17) is 18.0 Å². The third kappa shape index (κ3) is 2.61. The summed E-state index contributed by atoms with van der Waals surface area (Å²) in [5.41, 5.74) is 9.35. The Hall–Kier alpha value is -0.900. The first kappa shape index (κ1) is 13.2. The molecular weight excluding hydrogens is 218 g/mol. The van der Waals surface area contributed by atoms with Crippen LogP contribution >= 0.6 is 12.2 Å². The minimum atomic E-state index is 0.302. The quantitative estimate of drug-likeness (QED) is 0.803. The van der Waals surface area contributed by atoms with Gasteiger partial charge in [0, 0.05) is 12.1 Å². The van der Waals surface area contributed by atoms with Crippen molar-refractivity contribution in [2.75, 3.05) is 0 Å². The first-order valence-electron chi connectivity index (χ1n) is 5.84. The maximum absolute atomic E-state index is 5.62. The second-order valence-electron chi connectivity index (χ2n) is 4.18. The molecule has 16 heavy (non-hydrogen) atoms. The van der Waals surface area contributed by atoms with Crippen LogP contribution in [0.5, 0.6) is 0 Å². The molecule has 0 spiro atoms. The number of rotatable bonds is 5. The summed E-state index contributed by atoms with van der Waals surface area (Å²) in [6.45, 7) is 8.50. The standard InChI is InChI=1S/C12H21N3S/c1-5-10(7-12(13)16)15-9(4)11(6-2)8(3)14-15/h10H,5-7H2,1-4H3,(H2,13,16). The summed E-state index contributed by atoms with van der Waals surface area (Å²) in [7, 11) is 0. The normalized spacial score (nSPS) is 12.8. The first-order chi connectivity index (χ1) is 7.51. The van der Waals surface area contributed by atoms with E-state index in [0.717, 1.165) is 25.0 Å². The lowest BCUT2D eigenvalue weighted by atomic mass is 10.1. The van der Waals surface area contributed by atoms with Gasteiger partial charge in [0.05, 0.1) is 16.7 Å². The molecule has 1 aromatic heterocycles. The molecule has 0 aliphatic rings. The van der Waals surface area contributed by atoms with E-state index in [1.54, 1.807) is 0 Å². The summed E-state index contributed by atoms with van der Waals surface area (Å²) >= 11 is 4.99. The number of hydrogen-bond donors (Lipinski definition) is 1. The number of aryl methyl sites for hydroxylation is 1. The molecule has 0 saturated heterocycles. The molecule has 0 amide bonds. The molecule has 0 bridgehead atoms. The number of nitrogens with zero attached hydrogens (tertiary/aromatic N) is 2. The van der Waals surface area contributed by atoms with Crippen molar-refractivity contribution in [1.29, 1.82) is 0 Å². The lowest BCUT2D eigenvalue weighted by Gasteiger charge is -2.17. The predicted octanol–water partition coefficient (Wildman–Crippen LogP) is 2.69. The highest BCUT2D eigenvalue weighted by molar-refractivity contribution is 7.80. The Morgan fingerprint density at radius 1 is 1.44 bits per heavy atom. The van der Waals surface area contributed by atoms with Crippen LogP contribution in [0.1, 0.15) is 49.7 Å². The van der Waals surface area contributed by atoms with Crippen LogP contribution in [0.15, 0.2) is 0 Å². The lowest BCUT2D eigenvalue weighted by molar-refractivity contribution is 0.443. The summed E-state index contributed by atoms with van der Waals surface area (Å²) in [5, 5.41) is 4.61. The Bertz CT molecular complexity index is 382. The third-order valence-corrected chi connectivity index (χ3v) is 3.25. The van der Waals surface area contributed by atoms with Gasteiger partial charge in [0.15, 0.2) is 0 Å². The van der Waals surface area contributed by atoms with Crippen molar-refractivity contribution in [3.05, 3.63) is 17.0 Å². The predicted molar refractivity (Wildman–Crippen MR) is 71.8 cm³/mol. The van der Waals surface area contributed by atoms with E-state index in [0.29, 0.717) is 11.0 Å². The van der Waals surface area contributed by atoms with Crippen LogP contribution in [0.25, 0.3) is 0 Å². The maximum atomic E-state index is 5.62. The van der Waals surface area contributed by atoms with Gasteiger partial charge in [-0.15, -0.1) is 0 Å². The minimum absolute atomic E-state index is 0.302. The Morgan fingerprint density at radius 2 is 2.06 bits per heavy atom. The van der Waals surface area contributed by atoms with Crippen molar-refractivity contribution >= 4 is 17.2 Å². The zero-order valence-electron chi connectivity index (χ0n) is 10.6. The number of hydrogen-bond acceptors (Lipinski definition) is 2. The van der Waals surface area contributed by atoms with E-state index in [9.17, 15) is 0 Å². The fraction of sp³-hybridized carbons (Fsp3) is 0.667. The molecule has 0 radical (unpaired) electrons. The fourth-order valence-corrected chi connectivity index (χ4v) is 2.39. The highest BCUT2D eigenvalue weighted by Gasteiger charge is 2.17. The van der Waals surface area contributed by atoms with Crippen LogP contribution in [0.4, 0.5) is 0 Å². The lowest BCUT2D eigenvalue weighted by Crippen LogP contribution is -2.19. The van der Waals surface area contributed by atoms with Gasteiger partial charge in [-0.1, -0.05) is 26.1 Å². The van der Waals surface area contributed by atoms with Gasteiger partial charge in [0.2, 0.25) is 0 Å². The van der Waals surface area contributed by atoms with Crippen LogP contribution in [-0.2, 0) is 6.42 Å². The van der Waals surface area contributed by atoms with Crippen molar-refractivity contribution in [2.24, 2.45) is 5.73 Å². The van der Waals surface area contributed by atoms with E-state index in [1.165, 1.54) is 11.3 Å². The smallest absolute Gasteiger partial charge is 0.0748 e. The minimum Gasteiger partial charge on any atom is -0.393 e. The molecule has 1 heterocycles. The van der Waals surface area contributed by atoms with Gasteiger partial charge in [0.1, 0.15) is 0 Å². The van der Waals surface area contributed by atoms with E-state index in [2.05, 4.69) is 37.5 Å². The molecule has 1 unspecified atom stereocenters. The summed E-state index contributed by atoms with van der Waals surface area (Å²) in [6, 6.07) is 0.302. The zero-order valence-corrected chi connectivity index (χ0v) is 11.4. The molecule has 1 rings (SSSR count). The molecule has 0 aromatic carbocycles. The van der Waals surface area contributed by atoms with Crippen LogP contribution in [0, 0.1) is 13.8 Å². The molecule has 90 valence electrons. The SMILES string of the molecule is CCc1c(C)nn(C(CC)CC(N)=S)c1C. The zero-order chi connectivity index (χ0) is 12.3. The summed E-state index contributed by atoms with van der Waals surface area (Å²) in [5.74, 6) is 0. The second kappa shape index (κ2) is 5.43. The third-order valence-electron chi connectivity index (χ3n) is 3.08. The molecule has 1 aromatic rings. The van der Waals surface area contributed by atoms with Gasteiger partial charge in [-0.3, -0.25) is 4.68 Å². The molecule has 0 fully saturated rings. The monoisotopic (exact) mass is 239 g/mol. The van der Waals surface area contributed by atoms with Crippen molar-refractivity contribution < 1.29 is 0 Å². The van der Waals surface area contributed by atoms with Crippen molar-refractivity contribution in [3.63, 3.8) is 0 Å². The van der Waals surface area contributed by atoms with E-state index in [1.807, 2.05) is 0 Å². The molecular formula is C12H21N3S. The van der Waals surface area contributed by atoms with Gasteiger partial charge in [-0.25, -0.2) is 0 Å². The van der Waals surface area contributed by atoms with Crippen LogP contribution in [0.2, 0.25) is 0 Å². The maximum Gasteiger partial charge on any atom is 0.0748 e. The molecule has 0 aliphatic heterocycles. The van der Waals surface area contributed by atoms with Gasteiger partial charge in [-0.05, 0) is 32.3 Å². The molecule has 4 heteroatoms. The fourth-order valence-electron chi connectivity index (χ4n) is 2.20. The number of nitrogens with two attached hydrogens (primary N) is 1. The molecule has 2 N–H and O–H groups in total. The van der Waals surface area contributed by atoms with Gasteiger partial charge in [-0.2, -0.15) is 5.10 Å². The van der Waals surface area contributed by atoms with E-state index >= 15 is 0 Å². The van der Waals surface area contributed by atoms with Crippen molar-refractivity contribution in [3.8, 4) is 0 Å². The van der Waals surface area contributed by atoms with Crippen LogP contribution in [-0.4, -0.2) is 14.8 Å². The largest absolute Gasteiger partial charge is 0.393 e. The van der Waals surface area contributed by atoms with E-state index < -0.39 is 0 Å². The Labute approximate surface area is 103 Å². The highest BCUT2D eigenvalue weighted by atomic mass is 32.1. The Balaban J connectivity index is 3.05. The molecule has 3 nitrogen and oxygen atoms in total. The Kier molecular flexibility index (Phi) is 4.47. The summed E-state index contributed by atoms with van der Waals surface area (Å²) < 4.78 is 2.09. The molecule has 1 atom stereocenters. The topological polar surface area (TPSA) is 43.8 Å². The van der Waals surface area contributed by atoms with Crippen LogP contribution < -0.4 is 5.73 Å². The average Bonchev–Trinajstić information content (AvgIpc) is 2.50. The van der Waals surface area contributed by atoms with Gasteiger partial charge in [0.25, 0.3) is 0 Å². The first-order valence-corrected chi connectivity index (χ1v) is 6.24. The Morgan fingerprint density at radius 3 is 2.44 bits per heavy atom. The average molecular weight is 239 g/mol.